The number of aromatic nitrogens is 2. The largest absolute Gasteiger partial charge is 0.493 e. The Labute approximate surface area is 216 Å². The van der Waals surface area contributed by atoms with Crippen LogP contribution in [0.15, 0.2) is 16.7 Å². The van der Waals surface area contributed by atoms with Crippen LogP contribution in [0.25, 0.3) is 0 Å². The molecule has 1 aromatic carbocycles. The monoisotopic (exact) mass is 518 g/mol. The van der Waals surface area contributed by atoms with Crippen LogP contribution in [-0.4, -0.2) is 66.9 Å². The Balaban J connectivity index is 1.04. The summed E-state index contributed by atoms with van der Waals surface area (Å²) in [7, 11) is 0. The molecule has 3 aliphatic rings. The smallest absolute Gasteiger partial charge is 0.324 e. The summed E-state index contributed by atoms with van der Waals surface area (Å²) in [6.45, 7) is 8.15. The molecule has 0 radical (unpaired) electrons. The number of amides is 1. The molecule has 8 nitrogen and oxygen atoms in total. The highest BCUT2D eigenvalue weighted by Crippen LogP contribution is 2.50. The van der Waals surface area contributed by atoms with Gasteiger partial charge in [-0.1, -0.05) is 19.0 Å². The molecular formula is C27H36F2N4O4. The summed E-state index contributed by atoms with van der Waals surface area (Å²) in [6, 6.07) is 3.00. The number of carbonyl (C=O) groups is 1. The van der Waals surface area contributed by atoms with Crippen molar-refractivity contribution in [3.05, 3.63) is 35.2 Å². The van der Waals surface area contributed by atoms with Crippen molar-refractivity contribution in [3.8, 4) is 5.75 Å². The normalized spacial score (nSPS) is 22.5. The molecule has 10 heteroatoms. The van der Waals surface area contributed by atoms with E-state index in [-0.39, 0.29) is 29.6 Å². The lowest BCUT2D eigenvalue weighted by molar-refractivity contribution is -0.134. The standard InChI is InChI=1S/C27H36F2N4O4/c1-17(2)26-30-27(37-31-26)33-6-3-18(4-7-33)21-13-19(21)5-10-36-20-14-23(28)22(24(29)15-20)16-25(34)32-8-11-35-12-9-32/h14-15,17-19,21H,3-13,16H2,1-2H3. The third-order valence-corrected chi connectivity index (χ3v) is 7.90. The van der Waals surface area contributed by atoms with Gasteiger partial charge in [0, 0.05) is 49.8 Å². The SMILES string of the molecule is CC(C)c1noc(N2CCC(C3CC3CCOc3cc(F)c(CC(=O)N4CCOCC4)c(F)c3)CC2)n1. The minimum atomic E-state index is -0.741. The van der Waals surface area contributed by atoms with Crippen molar-refractivity contribution >= 4 is 11.9 Å². The number of piperidine rings is 1. The van der Waals surface area contributed by atoms with Crippen molar-refractivity contribution in [2.75, 3.05) is 50.9 Å². The second-order valence-corrected chi connectivity index (χ2v) is 10.7. The number of rotatable bonds is 9. The number of hydrogen-bond acceptors (Lipinski definition) is 7. The topological polar surface area (TPSA) is 80.9 Å². The van der Waals surface area contributed by atoms with E-state index in [0.717, 1.165) is 38.2 Å². The first-order chi connectivity index (χ1) is 17.9. The fourth-order valence-corrected chi connectivity index (χ4v) is 5.52. The van der Waals surface area contributed by atoms with Crippen molar-refractivity contribution < 1.29 is 27.6 Å². The second kappa shape index (κ2) is 11.3. The lowest BCUT2D eigenvalue weighted by Gasteiger charge is -2.30. The molecule has 2 aromatic rings. The molecule has 0 bridgehead atoms. The maximum absolute atomic E-state index is 14.6. The average Bonchev–Trinajstić information content (AvgIpc) is 3.49. The minimum Gasteiger partial charge on any atom is -0.493 e. The Morgan fingerprint density at radius 3 is 2.49 bits per heavy atom. The molecule has 2 atom stereocenters. The number of ether oxygens (including phenoxy) is 2. The lowest BCUT2D eigenvalue weighted by atomic mass is 9.90. The summed E-state index contributed by atoms with van der Waals surface area (Å²) >= 11 is 0. The highest BCUT2D eigenvalue weighted by Gasteiger charge is 2.43. The Bertz CT molecular complexity index is 1060. The maximum Gasteiger partial charge on any atom is 0.324 e. The van der Waals surface area contributed by atoms with Gasteiger partial charge in [-0.3, -0.25) is 4.79 Å². The summed E-state index contributed by atoms with van der Waals surface area (Å²) in [6.07, 6.45) is 3.95. The molecular weight excluding hydrogens is 482 g/mol. The molecule has 1 aliphatic carbocycles. The van der Waals surface area contributed by atoms with Crippen molar-refractivity contribution in [3.63, 3.8) is 0 Å². The molecule has 5 rings (SSSR count). The fraction of sp³-hybridized carbons (Fsp3) is 0.667. The van der Waals surface area contributed by atoms with E-state index in [4.69, 9.17) is 14.0 Å². The number of anilines is 1. The van der Waals surface area contributed by atoms with E-state index in [9.17, 15) is 13.6 Å². The predicted octanol–water partition coefficient (Wildman–Crippen LogP) is 4.19. The summed E-state index contributed by atoms with van der Waals surface area (Å²) in [4.78, 5) is 20.6. The molecule has 3 fully saturated rings. The van der Waals surface area contributed by atoms with Crippen LogP contribution in [0.2, 0.25) is 0 Å². The van der Waals surface area contributed by atoms with Gasteiger partial charge in [0.25, 0.3) is 0 Å². The number of halogens is 2. The Hall–Kier alpha value is -2.75. The summed E-state index contributed by atoms with van der Waals surface area (Å²) < 4.78 is 45.6. The highest BCUT2D eigenvalue weighted by molar-refractivity contribution is 5.79. The molecule has 2 aliphatic heterocycles. The van der Waals surface area contributed by atoms with E-state index in [2.05, 4.69) is 28.9 Å². The van der Waals surface area contributed by atoms with E-state index in [1.54, 1.807) is 4.90 Å². The van der Waals surface area contributed by atoms with E-state index in [0.29, 0.717) is 56.7 Å². The Morgan fingerprint density at radius 2 is 1.84 bits per heavy atom. The van der Waals surface area contributed by atoms with Gasteiger partial charge in [0.1, 0.15) is 17.4 Å². The molecule has 3 heterocycles. The van der Waals surface area contributed by atoms with Crippen LogP contribution in [0.1, 0.15) is 56.8 Å². The van der Waals surface area contributed by atoms with Gasteiger partial charge in [0.15, 0.2) is 5.82 Å². The van der Waals surface area contributed by atoms with E-state index < -0.39 is 11.6 Å². The molecule has 2 unspecified atom stereocenters. The first-order valence-electron chi connectivity index (χ1n) is 13.4. The van der Waals surface area contributed by atoms with Crippen molar-refractivity contribution in [1.82, 2.24) is 15.0 Å². The molecule has 1 aromatic heterocycles. The van der Waals surface area contributed by atoms with Crippen LogP contribution in [0.3, 0.4) is 0 Å². The first kappa shape index (κ1) is 25.9. The van der Waals surface area contributed by atoms with Crippen LogP contribution < -0.4 is 9.64 Å². The molecule has 0 spiro atoms. The minimum absolute atomic E-state index is 0.170. The summed E-state index contributed by atoms with van der Waals surface area (Å²) in [5.41, 5.74) is -0.210. The van der Waals surface area contributed by atoms with Gasteiger partial charge in [-0.15, -0.1) is 0 Å². The second-order valence-electron chi connectivity index (χ2n) is 10.7. The molecule has 1 amide bonds. The van der Waals surface area contributed by atoms with Gasteiger partial charge in [-0.2, -0.15) is 4.98 Å². The fourth-order valence-electron chi connectivity index (χ4n) is 5.52. The van der Waals surface area contributed by atoms with Crippen molar-refractivity contribution in [2.24, 2.45) is 17.8 Å². The molecule has 37 heavy (non-hydrogen) atoms. The van der Waals surface area contributed by atoms with Gasteiger partial charge in [0.2, 0.25) is 5.91 Å². The van der Waals surface area contributed by atoms with Crippen LogP contribution >= 0.6 is 0 Å². The van der Waals surface area contributed by atoms with E-state index in [1.807, 2.05) is 0 Å². The summed E-state index contributed by atoms with van der Waals surface area (Å²) in [5, 5.41) is 4.07. The van der Waals surface area contributed by atoms with E-state index >= 15 is 0 Å². The van der Waals surface area contributed by atoms with Crippen molar-refractivity contribution in [1.29, 1.82) is 0 Å². The third-order valence-electron chi connectivity index (χ3n) is 7.90. The number of nitrogens with zero attached hydrogens (tertiary/aromatic N) is 4. The quantitative estimate of drug-likeness (QED) is 0.492. The number of hydrogen-bond donors (Lipinski definition) is 0. The highest BCUT2D eigenvalue weighted by atomic mass is 19.1. The van der Waals surface area contributed by atoms with Crippen LogP contribution in [0.5, 0.6) is 5.75 Å². The van der Waals surface area contributed by atoms with E-state index in [1.165, 1.54) is 18.6 Å². The average molecular weight is 519 g/mol. The predicted molar refractivity (Wildman–Crippen MR) is 132 cm³/mol. The Morgan fingerprint density at radius 1 is 1.14 bits per heavy atom. The molecule has 0 N–H and O–H groups in total. The van der Waals surface area contributed by atoms with Gasteiger partial charge in [-0.25, -0.2) is 8.78 Å². The van der Waals surface area contributed by atoms with Gasteiger partial charge < -0.3 is 23.8 Å². The Kier molecular flexibility index (Phi) is 7.92. The van der Waals surface area contributed by atoms with Gasteiger partial charge in [0.05, 0.1) is 26.2 Å². The maximum atomic E-state index is 14.6. The van der Waals surface area contributed by atoms with Crippen molar-refractivity contribution in [2.45, 2.75) is 51.9 Å². The van der Waals surface area contributed by atoms with Gasteiger partial charge in [-0.05, 0) is 43.4 Å². The molecule has 202 valence electrons. The van der Waals surface area contributed by atoms with Gasteiger partial charge >= 0.3 is 6.01 Å². The number of benzene rings is 1. The van der Waals surface area contributed by atoms with Crippen LogP contribution in [-0.2, 0) is 16.0 Å². The first-order valence-corrected chi connectivity index (χ1v) is 13.4. The molecule has 1 saturated carbocycles. The number of morpholine rings is 1. The molecule has 2 saturated heterocycles. The zero-order chi connectivity index (χ0) is 25.9. The van der Waals surface area contributed by atoms with Crippen LogP contribution in [0.4, 0.5) is 14.8 Å². The lowest BCUT2D eigenvalue weighted by Crippen LogP contribution is -2.41. The zero-order valence-electron chi connectivity index (χ0n) is 21.6. The zero-order valence-corrected chi connectivity index (χ0v) is 21.6. The summed E-state index contributed by atoms with van der Waals surface area (Å²) in [5.74, 6) is 1.33. The third kappa shape index (κ3) is 6.22. The number of carbonyl (C=O) groups excluding carboxylic acids is 1. The van der Waals surface area contributed by atoms with Crippen LogP contribution in [0, 0.1) is 29.4 Å².